The lowest BCUT2D eigenvalue weighted by Crippen LogP contribution is -2.40. The maximum absolute atomic E-state index is 11.7. The number of aromatic nitrogens is 2. The lowest BCUT2D eigenvalue weighted by Gasteiger charge is -2.10. The first-order chi connectivity index (χ1) is 15.1. The van der Waals surface area contributed by atoms with Gasteiger partial charge in [0.15, 0.2) is 0 Å². The Balaban J connectivity index is 0.00000512. The van der Waals surface area contributed by atoms with Crippen molar-refractivity contribution < 1.29 is 15.7 Å². The molecular weight excluding hydrogens is 422 g/mol. The van der Waals surface area contributed by atoms with E-state index in [2.05, 4.69) is 56.1 Å². The van der Waals surface area contributed by atoms with Crippen molar-refractivity contribution in [3.05, 3.63) is 41.6 Å². The highest BCUT2D eigenvalue weighted by atomic mass is 16.2. The SMILES string of the molecule is CCCNc1nc(Nc2ccc(C#N)cc2)ncc1C#CCCCNC(=O)C(C)NC.O.O. The van der Waals surface area contributed by atoms with Gasteiger partial charge in [-0.25, -0.2) is 4.98 Å². The second-order valence-corrected chi connectivity index (χ2v) is 6.90. The van der Waals surface area contributed by atoms with Crippen LogP contribution in [0.2, 0.25) is 0 Å². The molecule has 0 saturated carbocycles. The van der Waals surface area contributed by atoms with Crippen LogP contribution in [0.5, 0.6) is 0 Å². The van der Waals surface area contributed by atoms with Gasteiger partial charge in [0, 0.05) is 25.2 Å². The van der Waals surface area contributed by atoms with Crippen molar-refractivity contribution in [1.29, 1.82) is 5.26 Å². The van der Waals surface area contributed by atoms with Crippen LogP contribution < -0.4 is 21.3 Å². The van der Waals surface area contributed by atoms with Gasteiger partial charge in [0.05, 0.1) is 29.4 Å². The molecule has 0 fully saturated rings. The zero-order chi connectivity index (χ0) is 22.5. The number of hydrogen-bond acceptors (Lipinski definition) is 7. The summed E-state index contributed by atoms with van der Waals surface area (Å²) in [6.45, 7) is 5.26. The Morgan fingerprint density at radius 3 is 2.55 bits per heavy atom. The average Bonchev–Trinajstić information content (AvgIpc) is 2.80. The van der Waals surface area contributed by atoms with Gasteiger partial charge in [-0.05, 0) is 51.1 Å². The van der Waals surface area contributed by atoms with Gasteiger partial charge in [0.1, 0.15) is 5.82 Å². The molecular formula is C23H33N7O3. The van der Waals surface area contributed by atoms with E-state index in [1.807, 2.05) is 19.1 Å². The Kier molecular flexibility index (Phi) is 14.2. The van der Waals surface area contributed by atoms with Gasteiger partial charge < -0.3 is 32.2 Å². The van der Waals surface area contributed by atoms with E-state index in [1.54, 1.807) is 25.4 Å². The van der Waals surface area contributed by atoms with Crippen LogP contribution in [0.15, 0.2) is 30.5 Å². The predicted molar refractivity (Wildman–Crippen MR) is 130 cm³/mol. The Morgan fingerprint density at radius 1 is 1.18 bits per heavy atom. The molecule has 0 radical (unpaired) electrons. The van der Waals surface area contributed by atoms with E-state index in [9.17, 15) is 4.79 Å². The fourth-order valence-corrected chi connectivity index (χ4v) is 2.50. The van der Waals surface area contributed by atoms with Crippen molar-refractivity contribution in [3.8, 4) is 17.9 Å². The van der Waals surface area contributed by atoms with Crippen LogP contribution in [0.1, 0.15) is 44.2 Å². The number of carbonyl (C=O) groups is 1. The molecule has 0 aliphatic carbocycles. The highest BCUT2D eigenvalue weighted by Gasteiger charge is 2.08. The van der Waals surface area contributed by atoms with Gasteiger partial charge in [-0.15, -0.1) is 0 Å². The molecule has 0 bridgehead atoms. The minimum Gasteiger partial charge on any atom is -0.412 e. The molecule has 0 saturated heterocycles. The van der Waals surface area contributed by atoms with E-state index in [1.165, 1.54) is 0 Å². The smallest absolute Gasteiger partial charge is 0.236 e. The molecule has 1 heterocycles. The normalized spacial score (nSPS) is 10.2. The largest absolute Gasteiger partial charge is 0.412 e. The lowest BCUT2D eigenvalue weighted by molar-refractivity contribution is -0.122. The molecule has 33 heavy (non-hydrogen) atoms. The summed E-state index contributed by atoms with van der Waals surface area (Å²) in [5.41, 5.74) is 2.12. The van der Waals surface area contributed by atoms with Gasteiger partial charge in [0.2, 0.25) is 11.9 Å². The number of nitrogens with one attached hydrogen (secondary N) is 4. The maximum Gasteiger partial charge on any atom is 0.236 e. The molecule has 0 aliphatic heterocycles. The number of carbonyl (C=O) groups excluding carboxylic acids is 1. The summed E-state index contributed by atoms with van der Waals surface area (Å²) in [4.78, 5) is 20.6. The fraction of sp³-hybridized carbons (Fsp3) is 0.391. The number of hydrogen-bond donors (Lipinski definition) is 4. The number of nitrogens with zero attached hydrogens (tertiary/aromatic N) is 3. The first kappa shape index (κ1) is 29.3. The number of likely N-dealkylation sites (N-methyl/N-ethyl adjacent to an activating group) is 1. The van der Waals surface area contributed by atoms with Crippen LogP contribution in [-0.2, 0) is 4.79 Å². The molecule has 2 rings (SSSR count). The van der Waals surface area contributed by atoms with E-state index in [0.717, 1.165) is 30.6 Å². The molecule has 178 valence electrons. The van der Waals surface area contributed by atoms with E-state index in [-0.39, 0.29) is 22.9 Å². The van der Waals surface area contributed by atoms with E-state index < -0.39 is 0 Å². The zero-order valence-electron chi connectivity index (χ0n) is 19.2. The standard InChI is InChI=1S/C23H29N7O.2H2O/c1-4-13-26-21-19(8-6-5-7-14-27-22(31)17(2)25-3)16-28-23(30-21)29-20-11-9-18(15-24)10-12-20;;/h9-12,16-17,25H,4-5,7,13-14H2,1-3H3,(H,27,31)(H2,26,28,29,30);2*1H2. The molecule has 1 aromatic heterocycles. The van der Waals surface area contributed by atoms with Crippen molar-refractivity contribution in [2.24, 2.45) is 0 Å². The van der Waals surface area contributed by atoms with E-state index >= 15 is 0 Å². The van der Waals surface area contributed by atoms with Crippen LogP contribution in [0.4, 0.5) is 17.5 Å². The van der Waals surface area contributed by atoms with Gasteiger partial charge in [0.25, 0.3) is 0 Å². The highest BCUT2D eigenvalue weighted by Crippen LogP contribution is 2.17. The molecule has 1 amide bonds. The van der Waals surface area contributed by atoms with Gasteiger partial charge in [-0.1, -0.05) is 18.8 Å². The minimum atomic E-state index is -0.202. The van der Waals surface area contributed by atoms with E-state index in [0.29, 0.717) is 30.3 Å². The van der Waals surface area contributed by atoms with Crippen LogP contribution in [0, 0.1) is 23.2 Å². The minimum absolute atomic E-state index is 0. The predicted octanol–water partition coefficient (Wildman–Crippen LogP) is 1.12. The summed E-state index contributed by atoms with van der Waals surface area (Å²) in [5.74, 6) is 7.37. The molecule has 1 aromatic carbocycles. The molecule has 0 aliphatic rings. The second kappa shape index (κ2) is 16.0. The third kappa shape index (κ3) is 9.97. The van der Waals surface area contributed by atoms with Crippen molar-refractivity contribution in [2.75, 3.05) is 30.8 Å². The van der Waals surface area contributed by atoms with Crippen LogP contribution in [0.3, 0.4) is 0 Å². The number of amides is 1. The number of nitriles is 1. The average molecular weight is 456 g/mol. The lowest BCUT2D eigenvalue weighted by atomic mass is 10.2. The summed E-state index contributed by atoms with van der Waals surface area (Å²) in [6.07, 6.45) is 4.08. The third-order valence-corrected chi connectivity index (χ3v) is 4.43. The topological polar surface area (TPSA) is 178 Å². The Morgan fingerprint density at radius 2 is 1.91 bits per heavy atom. The van der Waals surface area contributed by atoms with Gasteiger partial charge in [-0.2, -0.15) is 10.2 Å². The molecule has 2 aromatic rings. The molecule has 10 nitrogen and oxygen atoms in total. The molecule has 10 heteroatoms. The number of rotatable bonds is 10. The van der Waals surface area contributed by atoms with Crippen molar-refractivity contribution in [3.63, 3.8) is 0 Å². The van der Waals surface area contributed by atoms with E-state index in [4.69, 9.17) is 5.26 Å². The number of unbranched alkanes of at least 4 members (excludes halogenated alkanes) is 1. The highest BCUT2D eigenvalue weighted by molar-refractivity contribution is 5.81. The molecule has 8 N–H and O–H groups in total. The maximum atomic E-state index is 11.7. The van der Waals surface area contributed by atoms with Gasteiger partial charge >= 0.3 is 0 Å². The van der Waals surface area contributed by atoms with Crippen LogP contribution in [-0.4, -0.2) is 53.0 Å². The van der Waals surface area contributed by atoms with Crippen LogP contribution >= 0.6 is 0 Å². The van der Waals surface area contributed by atoms with Gasteiger partial charge in [-0.3, -0.25) is 4.79 Å². The third-order valence-electron chi connectivity index (χ3n) is 4.43. The van der Waals surface area contributed by atoms with Crippen LogP contribution in [0.25, 0.3) is 0 Å². The first-order valence-electron chi connectivity index (χ1n) is 10.4. The molecule has 1 atom stereocenters. The second-order valence-electron chi connectivity index (χ2n) is 6.90. The summed E-state index contributed by atoms with van der Waals surface area (Å²) >= 11 is 0. The Bertz CT molecular complexity index is 963. The number of benzene rings is 1. The summed E-state index contributed by atoms with van der Waals surface area (Å²) in [5, 5.41) is 21.1. The molecule has 1 unspecified atom stereocenters. The Hall–Kier alpha value is -3.70. The van der Waals surface area contributed by atoms with Crippen molar-refractivity contribution >= 4 is 23.4 Å². The summed E-state index contributed by atoms with van der Waals surface area (Å²) in [6, 6.07) is 8.99. The quantitative estimate of drug-likeness (QED) is 0.306. The zero-order valence-corrected chi connectivity index (χ0v) is 19.2. The monoisotopic (exact) mass is 455 g/mol. The molecule has 0 spiro atoms. The van der Waals surface area contributed by atoms with Crippen molar-refractivity contribution in [2.45, 2.75) is 39.2 Å². The summed E-state index contributed by atoms with van der Waals surface area (Å²) < 4.78 is 0. The fourth-order valence-electron chi connectivity index (χ4n) is 2.50. The summed E-state index contributed by atoms with van der Waals surface area (Å²) in [7, 11) is 1.76. The van der Waals surface area contributed by atoms with Crippen molar-refractivity contribution in [1.82, 2.24) is 20.6 Å². The first-order valence-corrected chi connectivity index (χ1v) is 10.4. The Labute approximate surface area is 194 Å². The number of anilines is 3.